The molecule has 1 aliphatic heterocycles. The molecule has 2 aromatic heterocycles. The molecule has 1 atom stereocenters. The predicted octanol–water partition coefficient (Wildman–Crippen LogP) is 3.33. The summed E-state index contributed by atoms with van der Waals surface area (Å²) in [6.07, 6.45) is 7.29. The van der Waals surface area contributed by atoms with Crippen LogP contribution in [0, 0.1) is 5.82 Å². The third-order valence-electron chi connectivity index (χ3n) is 5.27. The number of hydrogen-bond acceptors (Lipinski definition) is 4. The molecule has 3 heterocycles. The summed E-state index contributed by atoms with van der Waals surface area (Å²) in [5.41, 5.74) is 1.08. The number of hydrogen-bond donors (Lipinski definition) is 0. The minimum absolute atomic E-state index is 0.0226. The first kappa shape index (κ1) is 18.4. The number of amides is 1. The maximum atomic E-state index is 13.4. The van der Waals surface area contributed by atoms with Gasteiger partial charge in [-0.25, -0.2) is 9.37 Å². The molecule has 0 N–H and O–H groups in total. The van der Waals surface area contributed by atoms with Crippen molar-refractivity contribution in [1.29, 1.82) is 0 Å². The fourth-order valence-corrected chi connectivity index (χ4v) is 3.82. The van der Waals surface area contributed by atoms with Crippen molar-refractivity contribution in [3.8, 4) is 0 Å². The first-order valence-electron chi connectivity index (χ1n) is 9.40. The van der Waals surface area contributed by atoms with Crippen molar-refractivity contribution in [1.82, 2.24) is 19.7 Å². The Kier molecular flexibility index (Phi) is 4.75. The molecule has 0 aliphatic carbocycles. The SMILES string of the molecule is Cn1cc(C(=O)N2CCC[C@@](C)(c3ncc(Cc4cccc(F)c4)o3)C2)cn1. The molecule has 146 valence electrons. The fraction of sp³-hybridized carbons (Fsp3) is 0.381. The zero-order valence-electron chi connectivity index (χ0n) is 16.1. The highest BCUT2D eigenvalue weighted by Gasteiger charge is 2.38. The third kappa shape index (κ3) is 3.69. The summed E-state index contributed by atoms with van der Waals surface area (Å²) in [6.45, 7) is 3.33. The number of oxazole rings is 1. The molecular formula is C21H23FN4O2. The summed E-state index contributed by atoms with van der Waals surface area (Å²) in [5, 5.41) is 4.09. The summed E-state index contributed by atoms with van der Waals surface area (Å²) >= 11 is 0. The molecule has 0 bridgehead atoms. The summed E-state index contributed by atoms with van der Waals surface area (Å²) in [7, 11) is 1.80. The van der Waals surface area contributed by atoms with E-state index in [0.717, 1.165) is 18.4 Å². The van der Waals surface area contributed by atoms with Crippen LogP contribution in [0.25, 0.3) is 0 Å². The minimum Gasteiger partial charge on any atom is -0.445 e. The number of rotatable bonds is 4. The Morgan fingerprint density at radius 3 is 2.96 bits per heavy atom. The Hall–Kier alpha value is -2.96. The molecule has 4 rings (SSSR count). The van der Waals surface area contributed by atoms with Gasteiger partial charge in [0.1, 0.15) is 11.6 Å². The van der Waals surface area contributed by atoms with E-state index in [1.54, 1.807) is 36.4 Å². The van der Waals surface area contributed by atoms with Crippen molar-refractivity contribution in [3.63, 3.8) is 0 Å². The minimum atomic E-state index is -0.351. The second-order valence-electron chi connectivity index (χ2n) is 7.73. The van der Waals surface area contributed by atoms with Gasteiger partial charge in [-0.05, 0) is 37.5 Å². The predicted molar refractivity (Wildman–Crippen MR) is 101 cm³/mol. The molecule has 7 heteroatoms. The zero-order valence-corrected chi connectivity index (χ0v) is 16.1. The molecule has 1 aromatic carbocycles. The first-order chi connectivity index (χ1) is 13.4. The van der Waals surface area contributed by atoms with Gasteiger partial charge >= 0.3 is 0 Å². The quantitative estimate of drug-likeness (QED) is 0.694. The van der Waals surface area contributed by atoms with Crippen molar-refractivity contribution < 1.29 is 13.6 Å². The van der Waals surface area contributed by atoms with Crippen LogP contribution in [0.5, 0.6) is 0 Å². The van der Waals surface area contributed by atoms with Gasteiger partial charge in [0.2, 0.25) is 5.89 Å². The Bertz CT molecular complexity index is 996. The molecule has 28 heavy (non-hydrogen) atoms. The number of carbonyl (C=O) groups is 1. The Morgan fingerprint density at radius 2 is 2.21 bits per heavy atom. The van der Waals surface area contributed by atoms with Gasteiger partial charge in [-0.2, -0.15) is 5.10 Å². The molecule has 0 saturated carbocycles. The molecule has 0 unspecified atom stereocenters. The summed E-state index contributed by atoms with van der Waals surface area (Å²) < 4.78 is 21.0. The number of aromatic nitrogens is 3. The second-order valence-corrected chi connectivity index (χ2v) is 7.73. The topological polar surface area (TPSA) is 64.2 Å². The van der Waals surface area contributed by atoms with E-state index in [0.29, 0.717) is 36.7 Å². The number of nitrogens with zero attached hydrogens (tertiary/aromatic N) is 4. The van der Waals surface area contributed by atoms with Gasteiger partial charge < -0.3 is 9.32 Å². The molecule has 1 aliphatic rings. The van der Waals surface area contributed by atoms with Gasteiger partial charge in [0.15, 0.2) is 0 Å². The number of aryl methyl sites for hydroxylation is 1. The molecular weight excluding hydrogens is 359 g/mol. The largest absolute Gasteiger partial charge is 0.445 e. The number of likely N-dealkylation sites (tertiary alicyclic amines) is 1. The van der Waals surface area contributed by atoms with Gasteiger partial charge in [-0.15, -0.1) is 0 Å². The maximum Gasteiger partial charge on any atom is 0.257 e. The van der Waals surface area contributed by atoms with Crippen molar-refractivity contribution in [2.24, 2.45) is 7.05 Å². The molecule has 3 aromatic rings. The Balaban J connectivity index is 1.50. The Labute approximate surface area is 163 Å². The summed E-state index contributed by atoms with van der Waals surface area (Å²) in [5.74, 6) is 1.03. The van der Waals surface area contributed by atoms with E-state index < -0.39 is 0 Å². The van der Waals surface area contributed by atoms with Crippen LogP contribution < -0.4 is 0 Å². The number of piperidine rings is 1. The van der Waals surface area contributed by atoms with Crippen LogP contribution in [-0.4, -0.2) is 38.7 Å². The highest BCUT2D eigenvalue weighted by Crippen LogP contribution is 2.34. The third-order valence-corrected chi connectivity index (χ3v) is 5.27. The standard InChI is InChI=1S/C21H23FN4O2/c1-21(7-4-8-26(14-21)19(27)16-11-24-25(2)13-16)20-23-12-18(28-20)10-15-5-3-6-17(22)9-15/h3,5-6,9,11-13H,4,7-8,10,14H2,1-2H3/t21-/m1/s1. The molecule has 1 saturated heterocycles. The number of benzene rings is 1. The van der Waals surface area contributed by atoms with Gasteiger partial charge in [0.05, 0.1) is 23.4 Å². The monoisotopic (exact) mass is 382 g/mol. The lowest BCUT2D eigenvalue weighted by Crippen LogP contribution is -2.47. The van der Waals surface area contributed by atoms with Crippen LogP contribution in [-0.2, 0) is 18.9 Å². The number of halogens is 1. The zero-order chi connectivity index (χ0) is 19.7. The summed E-state index contributed by atoms with van der Waals surface area (Å²) in [4.78, 5) is 19.1. The van der Waals surface area contributed by atoms with Gasteiger partial charge in [0.25, 0.3) is 5.91 Å². The second kappa shape index (κ2) is 7.22. The molecule has 0 spiro atoms. The lowest BCUT2D eigenvalue weighted by atomic mass is 9.81. The fourth-order valence-electron chi connectivity index (χ4n) is 3.82. The number of carbonyl (C=O) groups excluding carboxylic acids is 1. The van der Waals surface area contributed by atoms with Crippen LogP contribution in [0.15, 0.2) is 47.3 Å². The van der Waals surface area contributed by atoms with E-state index in [9.17, 15) is 9.18 Å². The highest BCUT2D eigenvalue weighted by atomic mass is 19.1. The average Bonchev–Trinajstić information content (AvgIpc) is 3.31. The van der Waals surface area contributed by atoms with E-state index in [1.807, 2.05) is 11.0 Å². The van der Waals surface area contributed by atoms with E-state index in [1.165, 1.54) is 12.1 Å². The van der Waals surface area contributed by atoms with Gasteiger partial charge in [0, 0.05) is 32.8 Å². The van der Waals surface area contributed by atoms with Crippen molar-refractivity contribution in [2.75, 3.05) is 13.1 Å². The van der Waals surface area contributed by atoms with Crippen LogP contribution in [0.3, 0.4) is 0 Å². The van der Waals surface area contributed by atoms with E-state index >= 15 is 0 Å². The van der Waals surface area contributed by atoms with Gasteiger partial charge in [-0.1, -0.05) is 12.1 Å². The normalized spacial score (nSPS) is 19.8. The van der Waals surface area contributed by atoms with Crippen molar-refractivity contribution in [2.45, 2.75) is 31.6 Å². The highest BCUT2D eigenvalue weighted by molar-refractivity contribution is 5.93. The molecule has 1 amide bonds. The van der Waals surface area contributed by atoms with Crippen molar-refractivity contribution in [3.05, 3.63) is 71.5 Å². The first-order valence-corrected chi connectivity index (χ1v) is 9.40. The van der Waals surface area contributed by atoms with E-state index in [4.69, 9.17) is 4.42 Å². The molecule has 0 radical (unpaired) electrons. The maximum absolute atomic E-state index is 13.4. The molecule has 6 nitrogen and oxygen atoms in total. The Morgan fingerprint density at radius 1 is 1.36 bits per heavy atom. The lowest BCUT2D eigenvalue weighted by molar-refractivity contribution is 0.0626. The van der Waals surface area contributed by atoms with Crippen molar-refractivity contribution >= 4 is 5.91 Å². The van der Waals surface area contributed by atoms with Crippen LogP contribution >= 0.6 is 0 Å². The van der Waals surface area contributed by atoms with Crippen LogP contribution in [0.1, 0.15) is 47.3 Å². The lowest BCUT2D eigenvalue weighted by Gasteiger charge is -2.38. The smallest absolute Gasteiger partial charge is 0.257 e. The van der Waals surface area contributed by atoms with E-state index in [-0.39, 0.29) is 17.1 Å². The molecule has 1 fully saturated rings. The summed E-state index contributed by atoms with van der Waals surface area (Å²) in [6, 6.07) is 6.47. The average molecular weight is 382 g/mol. The van der Waals surface area contributed by atoms with Crippen LogP contribution in [0.4, 0.5) is 4.39 Å². The van der Waals surface area contributed by atoms with E-state index in [2.05, 4.69) is 17.0 Å². The van der Waals surface area contributed by atoms with Crippen LogP contribution in [0.2, 0.25) is 0 Å². The van der Waals surface area contributed by atoms with Gasteiger partial charge in [-0.3, -0.25) is 9.48 Å².